The minimum absolute atomic E-state index is 0.00872. The van der Waals surface area contributed by atoms with Gasteiger partial charge in [0, 0.05) is 11.6 Å². The number of hydrogen-bond acceptors (Lipinski definition) is 4. The first-order valence-electron chi connectivity index (χ1n) is 9.97. The first-order chi connectivity index (χ1) is 13.9. The average molecular weight is 417 g/mol. The Morgan fingerprint density at radius 1 is 1.07 bits per heavy atom. The van der Waals surface area contributed by atoms with Crippen LogP contribution in [0.5, 0.6) is 5.75 Å². The van der Waals surface area contributed by atoms with Crippen LogP contribution in [0.2, 0.25) is 0 Å². The summed E-state index contributed by atoms with van der Waals surface area (Å²) in [5, 5.41) is 2.92. The third-order valence-electron chi connectivity index (χ3n) is 5.29. The third kappa shape index (κ3) is 5.36. The average Bonchev–Trinajstić information content (AvgIpc) is 2.74. The van der Waals surface area contributed by atoms with E-state index in [4.69, 9.17) is 4.74 Å². The molecule has 0 unspecified atom stereocenters. The number of carbonyl (C=O) groups excluding carboxylic acids is 1. The SMILES string of the molecule is COc1ccc(C(=O)N[C@H](C)c2ccccc2)cc1S(=O)(=O)NC1CCCCC1. The van der Waals surface area contributed by atoms with E-state index in [1.54, 1.807) is 6.07 Å². The molecule has 1 aliphatic rings. The zero-order valence-corrected chi connectivity index (χ0v) is 17.7. The van der Waals surface area contributed by atoms with Crippen LogP contribution in [0.25, 0.3) is 0 Å². The molecule has 3 rings (SSSR count). The van der Waals surface area contributed by atoms with E-state index in [0.717, 1.165) is 37.7 Å². The molecular formula is C22H28N2O4S. The van der Waals surface area contributed by atoms with Crippen molar-refractivity contribution in [1.82, 2.24) is 10.0 Å². The Morgan fingerprint density at radius 2 is 1.76 bits per heavy atom. The molecule has 6 nitrogen and oxygen atoms in total. The number of methoxy groups -OCH3 is 1. The van der Waals surface area contributed by atoms with Gasteiger partial charge in [0.05, 0.1) is 13.2 Å². The van der Waals surface area contributed by atoms with Crippen molar-refractivity contribution in [3.05, 3.63) is 59.7 Å². The molecule has 0 spiro atoms. The molecule has 0 aromatic heterocycles. The second-order valence-electron chi connectivity index (χ2n) is 7.43. The monoisotopic (exact) mass is 416 g/mol. The molecule has 0 saturated heterocycles. The predicted molar refractivity (Wildman–Crippen MR) is 113 cm³/mol. The highest BCUT2D eigenvalue weighted by Crippen LogP contribution is 2.27. The van der Waals surface area contributed by atoms with Gasteiger partial charge in [-0.2, -0.15) is 0 Å². The summed E-state index contributed by atoms with van der Waals surface area (Å²) < 4.78 is 34.0. The van der Waals surface area contributed by atoms with E-state index in [-0.39, 0.29) is 34.2 Å². The van der Waals surface area contributed by atoms with Gasteiger partial charge >= 0.3 is 0 Å². The first-order valence-corrected chi connectivity index (χ1v) is 11.4. The molecule has 0 aliphatic heterocycles. The molecule has 1 amide bonds. The molecule has 7 heteroatoms. The van der Waals surface area contributed by atoms with E-state index in [1.165, 1.54) is 19.2 Å². The van der Waals surface area contributed by atoms with E-state index in [9.17, 15) is 13.2 Å². The predicted octanol–water partition coefficient (Wildman–Crippen LogP) is 3.80. The van der Waals surface area contributed by atoms with E-state index < -0.39 is 10.0 Å². The van der Waals surface area contributed by atoms with E-state index in [1.807, 2.05) is 37.3 Å². The second-order valence-corrected chi connectivity index (χ2v) is 9.11. The van der Waals surface area contributed by atoms with Crippen LogP contribution in [0.4, 0.5) is 0 Å². The molecule has 0 heterocycles. The molecule has 1 fully saturated rings. The highest BCUT2D eigenvalue weighted by atomic mass is 32.2. The van der Waals surface area contributed by atoms with Crippen molar-refractivity contribution >= 4 is 15.9 Å². The summed E-state index contributed by atoms with van der Waals surface area (Å²) in [7, 11) is -2.37. The Kier molecular flexibility index (Phi) is 6.92. The highest BCUT2D eigenvalue weighted by molar-refractivity contribution is 7.89. The number of sulfonamides is 1. The Bertz CT molecular complexity index is 939. The molecule has 1 aliphatic carbocycles. The van der Waals surface area contributed by atoms with Crippen LogP contribution in [0, 0.1) is 0 Å². The van der Waals surface area contributed by atoms with Crippen LogP contribution in [0.3, 0.4) is 0 Å². The maximum Gasteiger partial charge on any atom is 0.251 e. The molecule has 2 aromatic carbocycles. The zero-order chi connectivity index (χ0) is 20.9. The lowest BCUT2D eigenvalue weighted by molar-refractivity contribution is 0.0939. The summed E-state index contributed by atoms with van der Waals surface area (Å²) >= 11 is 0. The molecule has 1 atom stereocenters. The summed E-state index contributed by atoms with van der Waals surface area (Å²) in [5.74, 6) is -0.112. The minimum Gasteiger partial charge on any atom is -0.495 e. The standard InChI is InChI=1S/C22H28N2O4S/c1-16(17-9-5-3-6-10-17)23-22(25)18-13-14-20(28-2)21(15-18)29(26,27)24-19-11-7-4-8-12-19/h3,5-6,9-10,13-16,19,24H,4,7-8,11-12H2,1-2H3,(H,23,25)/t16-/m1/s1. The topological polar surface area (TPSA) is 84.5 Å². The van der Waals surface area contributed by atoms with Crippen LogP contribution in [-0.2, 0) is 10.0 Å². The molecule has 0 bridgehead atoms. The number of rotatable bonds is 7. The van der Waals surface area contributed by atoms with Crippen LogP contribution in [0.15, 0.2) is 53.4 Å². The molecular weight excluding hydrogens is 388 g/mol. The van der Waals surface area contributed by atoms with Crippen molar-refractivity contribution < 1.29 is 17.9 Å². The van der Waals surface area contributed by atoms with Gasteiger partial charge < -0.3 is 10.1 Å². The van der Waals surface area contributed by atoms with Gasteiger partial charge in [-0.05, 0) is 43.5 Å². The molecule has 1 saturated carbocycles. The van der Waals surface area contributed by atoms with Crippen molar-refractivity contribution in [2.45, 2.75) is 56.0 Å². The van der Waals surface area contributed by atoms with Crippen LogP contribution in [0.1, 0.15) is 61.0 Å². The highest BCUT2D eigenvalue weighted by Gasteiger charge is 2.26. The fourth-order valence-corrected chi connectivity index (χ4v) is 5.14. The molecule has 0 radical (unpaired) electrons. The van der Waals surface area contributed by atoms with Gasteiger partial charge in [-0.1, -0.05) is 49.6 Å². The fraction of sp³-hybridized carbons (Fsp3) is 0.409. The van der Waals surface area contributed by atoms with Crippen LogP contribution >= 0.6 is 0 Å². The Morgan fingerprint density at radius 3 is 2.41 bits per heavy atom. The maximum atomic E-state index is 13.0. The van der Waals surface area contributed by atoms with Crippen LogP contribution < -0.4 is 14.8 Å². The van der Waals surface area contributed by atoms with E-state index in [2.05, 4.69) is 10.0 Å². The molecule has 29 heavy (non-hydrogen) atoms. The number of ether oxygens (including phenoxy) is 1. The number of benzene rings is 2. The Balaban J connectivity index is 1.81. The fourth-order valence-electron chi connectivity index (χ4n) is 3.64. The third-order valence-corrected chi connectivity index (χ3v) is 6.83. The quantitative estimate of drug-likeness (QED) is 0.719. The molecule has 2 N–H and O–H groups in total. The van der Waals surface area contributed by atoms with Gasteiger partial charge in [-0.15, -0.1) is 0 Å². The van der Waals surface area contributed by atoms with Gasteiger partial charge in [-0.3, -0.25) is 4.79 Å². The Hall–Kier alpha value is -2.38. The van der Waals surface area contributed by atoms with Gasteiger partial charge in [-0.25, -0.2) is 13.1 Å². The number of amides is 1. The van der Waals surface area contributed by atoms with Gasteiger partial charge in [0.15, 0.2) is 0 Å². The zero-order valence-electron chi connectivity index (χ0n) is 16.9. The number of hydrogen-bond donors (Lipinski definition) is 2. The lowest BCUT2D eigenvalue weighted by Gasteiger charge is -2.23. The summed E-state index contributed by atoms with van der Waals surface area (Å²) in [6, 6.07) is 13.8. The molecule has 156 valence electrons. The van der Waals surface area contributed by atoms with E-state index >= 15 is 0 Å². The summed E-state index contributed by atoms with van der Waals surface area (Å²) in [4.78, 5) is 12.7. The smallest absolute Gasteiger partial charge is 0.251 e. The number of nitrogens with one attached hydrogen (secondary N) is 2. The maximum absolute atomic E-state index is 13.0. The summed E-state index contributed by atoms with van der Waals surface area (Å²) in [5.41, 5.74) is 1.25. The van der Waals surface area contributed by atoms with Gasteiger partial charge in [0.2, 0.25) is 10.0 Å². The summed E-state index contributed by atoms with van der Waals surface area (Å²) in [6.07, 6.45) is 4.83. The van der Waals surface area contributed by atoms with Crippen molar-refractivity contribution in [1.29, 1.82) is 0 Å². The van der Waals surface area contributed by atoms with Crippen molar-refractivity contribution in [3.63, 3.8) is 0 Å². The van der Waals surface area contributed by atoms with Gasteiger partial charge in [0.25, 0.3) is 5.91 Å². The lowest BCUT2D eigenvalue weighted by Crippen LogP contribution is -2.36. The van der Waals surface area contributed by atoms with Crippen molar-refractivity contribution in [2.75, 3.05) is 7.11 Å². The van der Waals surface area contributed by atoms with E-state index in [0.29, 0.717) is 0 Å². The van der Waals surface area contributed by atoms with Crippen molar-refractivity contribution in [3.8, 4) is 5.75 Å². The van der Waals surface area contributed by atoms with Crippen molar-refractivity contribution in [2.24, 2.45) is 0 Å². The lowest BCUT2D eigenvalue weighted by atomic mass is 9.96. The van der Waals surface area contributed by atoms with Gasteiger partial charge in [0.1, 0.15) is 10.6 Å². The minimum atomic E-state index is -3.79. The largest absolute Gasteiger partial charge is 0.495 e. The Labute approximate surface area is 172 Å². The number of carbonyl (C=O) groups is 1. The normalized spacial score (nSPS) is 16.2. The first kappa shape index (κ1) is 21.3. The second kappa shape index (κ2) is 9.41. The molecule has 2 aromatic rings. The summed E-state index contributed by atoms with van der Waals surface area (Å²) in [6.45, 7) is 1.89. The van der Waals surface area contributed by atoms with Crippen LogP contribution in [-0.4, -0.2) is 27.5 Å².